The molecule has 1 aliphatic carbocycles. The molecule has 0 unspecified atom stereocenters. The molecule has 0 radical (unpaired) electrons. The summed E-state index contributed by atoms with van der Waals surface area (Å²) in [4.78, 5) is 12.2. The summed E-state index contributed by atoms with van der Waals surface area (Å²) in [5, 5.41) is 2.71. The molecule has 1 N–H and O–H groups in total. The number of ether oxygens (including phenoxy) is 1. The van der Waals surface area contributed by atoms with Gasteiger partial charge in [-0.1, -0.05) is 46.3 Å². The minimum atomic E-state index is -3.54. The van der Waals surface area contributed by atoms with Gasteiger partial charge in [0.25, 0.3) is 0 Å². The van der Waals surface area contributed by atoms with Crippen LogP contribution in [-0.4, -0.2) is 26.2 Å². The minimum absolute atomic E-state index is 0.158. The molecule has 2 aromatic carbocycles. The quantitative estimate of drug-likeness (QED) is 0.639. The molecule has 1 fully saturated rings. The summed E-state index contributed by atoms with van der Waals surface area (Å²) in [6.07, 6.45) is 4.69. The van der Waals surface area contributed by atoms with Gasteiger partial charge in [-0.25, -0.2) is 8.42 Å². The third-order valence-corrected chi connectivity index (χ3v) is 6.70. The number of sulfone groups is 1. The maximum absolute atomic E-state index is 12.3. The van der Waals surface area contributed by atoms with Crippen molar-refractivity contribution in [2.75, 3.05) is 5.75 Å². The van der Waals surface area contributed by atoms with E-state index in [9.17, 15) is 13.2 Å². The zero-order valence-corrected chi connectivity index (χ0v) is 18.0. The molecule has 28 heavy (non-hydrogen) atoms. The van der Waals surface area contributed by atoms with Gasteiger partial charge in [0.2, 0.25) is 5.91 Å². The molecule has 0 bridgehead atoms. The van der Waals surface area contributed by atoms with Gasteiger partial charge in [-0.15, -0.1) is 0 Å². The van der Waals surface area contributed by atoms with E-state index in [2.05, 4.69) is 21.2 Å². The normalized spacial score (nSPS) is 14.8. The molecule has 0 aliphatic heterocycles. The second-order valence-electron chi connectivity index (χ2n) is 7.07. The highest BCUT2D eigenvalue weighted by Gasteiger charge is 2.19. The van der Waals surface area contributed by atoms with Crippen LogP contribution in [0.25, 0.3) is 0 Å². The molecular weight excluding hydrogens is 442 g/mol. The van der Waals surface area contributed by atoms with Crippen LogP contribution in [0.5, 0.6) is 5.75 Å². The topological polar surface area (TPSA) is 72.5 Å². The maximum Gasteiger partial charge on any atom is 0.235 e. The highest BCUT2D eigenvalue weighted by atomic mass is 79.9. The number of halogens is 1. The predicted molar refractivity (Wildman–Crippen MR) is 113 cm³/mol. The van der Waals surface area contributed by atoms with E-state index < -0.39 is 21.5 Å². The van der Waals surface area contributed by atoms with E-state index >= 15 is 0 Å². The molecule has 0 atom stereocenters. The second-order valence-corrected chi connectivity index (χ2v) is 10.0. The first-order valence-electron chi connectivity index (χ1n) is 9.37. The first-order chi connectivity index (χ1) is 13.4. The van der Waals surface area contributed by atoms with E-state index in [1.807, 2.05) is 24.3 Å². The van der Waals surface area contributed by atoms with Gasteiger partial charge in [0.1, 0.15) is 11.5 Å². The number of hydrogen-bond acceptors (Lipinski definition) is 4. The van der Waals surface area contributed by atoms with Crippen molar-refractivity contribution in [3.8, 4) is 5.75 Å². The van der Waals surface area contributed by atoms with Crippen molar-refractivity contribution in [3.05, 3.63) is 64.1 Å². The SMILES string of the molecule is O=C(CS(=O)(=O)Cc1ccc(Br)cc1)NCc1ccccc1OC1CCCC1. The Morgan fingerprint density at radius 1 is 1.07 bits per heavy atom. The van der Waals surface area contributed by atoms with Crippen LogP contribution in [0.4, 0.5) is 0 Å². The Balaban J connectivity index is 1.54. The lowest BCUT2D eigenvalue weighted by Gasteiger charge is -2.16. The molecular formula is C21H24BrNO4S. The molecule has 0 spiro atoms. The highest BCUT2D eigenvalue weighted by molar-refractivity contribution is 9.10. The summed E-state index contributed by atoms with van der Waals surface area (Å²) in [5.41, 5.74) is 1.51. The lowest BCUT2D eigenvalue weighted by Crippen LogP contribution is -2.30. The van der Waals surface area contributed by atoms with Gasteiger partial charge in [-0.05, 0) is 49.4 Å². The highest BCUT2D eigenvalue weighted by Crippen LogP contribution is 2.26. The maximum atomic E-state index is 12.3. The van der Waals surface area contributed by atoms with Gasteiger partial charge < -0.3 is 10.1 Å². The third kappa shape index (κ3) is 6.34. The standard InChI is InChI=1S/C21H24BrNO4S/c22-18-11-9-16(10-12-18)14-28(25,26)15-21(24)23-13-17-5-1-4-8-20(17)27-19-6-2-3-7-19/h1,4-5,8-12,19H,2-3,6-7,13-15H2,(H,23,24). The van der Waals surface area contributed by atoms with Crippen molar-refractivity contribution in [1.82, 2.24) is 5.32 Å². The fourth-order valence-electron chi connectivity index (χ4n) is 3.28. The molecule has 0 saturated heterocycles. The molecule has 3 rings (SSSR count). The largest absolute Gasteiger partial charge is 0.490 e. The van der Waals surface area contributed by atoms with Crippen LogP contribution in [0.3, 0.4) is 0 Å². The fraction of sp³-hybridized carbons (Fsp3) is 0.381. The van der Waals surface area contributed by atoms with E-state index in [0.29, 0.717) is 5.56 Å². The summed E-state index contributed by atoms with van der Waals surface area (Å²) in [5.74, 6) is -0.440. The van der Waals surface area contributed by atoms with E-state index in [1.54, 1.807) is 24.3 Å². The van der Waals surface area contributed by atoms with Gasteiger partial charge in [0, 0.05) is 16.6 Å². The van der Waals surface area contributed by atoms with Gasteiger partial charge in [0.15, 0.2) is 9.84 Å². The van der Waals surface area contributed by atoms with E-state index in [4.69, 9.17) is 4.74 Å². The Morgan fingerprint density at radius 3 is 2.46 bits per heavy atom. The summed E-state index contributed by atoms with van der Waals surface area (Å²) in [6, 6.07) is 14.6. The average molecular weight is 466 g/mol. The molecule has 5 nitrogen and oxygen atoms in total. The molecule has 0 aromatic heterocycles. The lowest BCUT2D eigenvalue weighted by molar-refractivity contribution is -0.118. The molecule has 1 aliphatic rings. The Hall–Kier alpha value is -1.86. The van der Waals surface area contributed by atoms with Crippen molar-refractivity contribution in [2.24, 2.45) is 0 Å². The van der Waals surface area contributed by atoms with Crippen molar-refractivity contribution < 1.29 is 17.9 Å². The zero-order valence-electron chi connectivity index (χ0n) is 15.6. The lowest BCUT2D eigenvalue weighted by atomic mass is 10.2. The predicted octanol–water partition coefficient (Wildman–Crippen LogP) is 4.00. The van der Waals surface area contributed by atoms with Gasteiger partial charge in [0.05, 0.1) is 11.9 Å². The van der Waals surface area contributed by atoms with Crippen LogP contribution < -0.4 is 10.1 Å². The number of amides is 1. The summed E-state index contributed by atoms with van der Waals surface area (Å²) < 4.78 is 31.5. The second kappa shape index (κ2) is 9.56. The van der Waals surface area contributed by atoms with Crippen LogP contribution >= 0.6 is 15.9 Å². The van der Waals surface area contributed by atoms with Gasteiger partial charge in [-0.3, -0.25) is 4.79 Å². The average Bonchev–Trinajstić information content (AvgIpc) is 3.15. The van der Waals surface area contributed by atoms with Crippen LogP contribution in [0.1, 0.15) is 36.8 Å². The van der Waals surface area contributed by atoms with Crippen LogP contribution in [0, 0.1) is 0 Å². The van der Waals surface area contributed by atoms with Crippen molar-refractivity contribution >= 4 is 31.7 Å². The van der Waals surface area contributed by atoms with Crippen molar-refractivity contribution in [3.63, 3.8) is 0 Å². The molecule has 150 valence electrons. The summed E-state index contributed by atoms with van der Waals surface area (Å²) in [7, 11) is -3.54. The number of rotatable bonds is 8. The number of hydrogen-bond donors (Lipinski definition) is 1. The number of benzene rings is 2. The first kappa shape index (κ1) is 20.9. The number of carbonyl (C=O) groups is 1. The fourth-order valence-corrected chi connectivity index (χ4v) is 4.85. The van der Waals surface area contributed by atoms with Crippen LogP contribution in [0.2, 0.25) is 0 Å². The Labute approximate surface area is 174 Å². The Bertz CT molecular complexity index is 906. The zero-order chi connectivity index (χ0) is 20.0. The first-order valence-corrected chi connectivity index (χ1v) is 12.0. The van der Waals surface area contributed by atoms with E-state index in [1.165, 1.54) is 12.8 Å². The molecule has 1 saturated carbocycles. The summed E-state index contributed by atoms with van der Waals surface area (Å²) >= 11 is 3.32. The van der Waals surface area contributed by atoms with Crippen molar-refractivity contribution in [2.45, 2.75) is 44.1 Å². The van der Waals surface area contributed by atoms with E-state index in [0.717, 1.165) is 28.6 Å². The van der Waals surface area contributed by atoms with Gasteiger partial charge >= 0.3 is 0 Å². The van der Waals surface area contributed by atoms with Crippen molar-refractivity contribution in [1.29, 1.82) is 0 Å². The number of carbonyl (C=O) groups excluding carboxylic acids is 1. The minimum Gasteiger partial charge on any atom is -0.490 e. The number of nitrogens with one attached hydrogen (secondary N) is 1. The monoisotopic (exact) mass is 465 g/mol. The molecule has 2 aromatic rings. The molecule has 0 heterocycles. The van der Waals surface area contributed by atoms with Crippen LogP contribution in [0.15, 0.2) is 53.0 Å². The molecule has 7 heteroatoms. The van der Waals surface area contributed by atoms with E-state index in [-0.39, 0.29) is 18.4 Å². The Kier molecular flexibility index (Phi) is 7.13. The van der Waals surface area contributed by atoms with Crippen LogP contribution in [-0.2, 0) is 26.9 Å². The molecule has 1 amide bonds. The Morgan fingerprint density at radius 2 is 1.75 bits per heavy atom. The summed E-state index contributed by atoms with van der Waals surface area (Å²) in [6.45, 7) is 0.246. The number of para-hydroxylation sites is 1. The smallest absolute Gasteiger partial charge is 0.235 e. The van der Waals surface area contributed by atoms with Gasteiger partial charge in [-0.2, -0.15) is 0 Å². The third-order valence-electron chi connectivity index (χ3n) is 4.70.